The maximum Gasteiger partial charge on any atom is 0.317 e. The number of rotatable bonds is 8. The Morgan fingerprint density at radius 2 is 2.04 bits per heavy atom. The lowest BCUT2D eigenvalue weighted by atomic mass is 9.97. The average Bonchev–Trinajstić information content (AvgIpc) is 3.20. The molecule has 1 aromatic rings. The lowest BCUT2D eigenvalue weighted by Crippen LogP contribution is -2.47. The quantitative estimate of drug-likeness (QED) is 0.759. The summed E-state index contributed by atoms with van der Waals surface area (Å²) in [6, 6.07) is 9.74. The molecule has 0 aliphatic carbocycles. The predicted octanol–water partition coefficient (Wildman–Crippen LogP) is 2.60. The third-order valence-corrected chi connectivity index (χ3v) is 5.49. The molecule has 2 aliphatic rings. The van der Waals surface area contributed by atoms with Gasteiger partial charge < -0.3 is 24.6 Å². The molecule has 2 amide bonds. The van der Waals surface area contributed by atoms with Crippen molar-refractivity contribution in [3.63, 3.8) is 0 Å². The maximum atomic E-state index is 12.8. The molecule has 1 unspecified atom stereocenters. The number of para-hydroxylation sites is 1. The molecular formula is C21H33N3O3. The van der Waals surface area contributed by atoms with Crippen LogP contribution >= 0.6 is 0 Å². The summed E-state index contributed by atoms with van der Waals surface area (Å²) in [7, 11) is 2.16. The van der Waals surface area contributed by atoms with Gasteiger partial charge in [0.1, 0.15) is 12.4 Å². The van der Waals surface area contributed by atoms with Crippen molar-refractivity contribution in [2.45, 2.75) is 31.8 Å². The molecule has 3 rings (SSSR count). The Morgan fingerprint density at radius 3 is 2.74 bits per heavy atom. The van der Waals surface area contributed by atoms with Crippen LogP contribution in [0.4, 0.5) is 4.79 Å². The van der Waals surface area contributed by atoms with E-state index in [-0.39, 0.29) is 12.1 Å². The van der Waals surface area contributed by atoms with Crippen LogP contribution in [0, 0.1) is 5.92 Å². The molecule has 0 radical (unpaired) electrons. The van der Waals surface area contributed by atoms with Gasteiger partial charge in [-0.05, 0) is 63.9 Å². The Bertz CT molecular complexity index is 555. The van der Waals surface area contributed by atoms with Crippen LogP contribution in [0.15, 0.2) is 30.3 Å². The first-order valence-corrected chi connectivity index (χ1v) is 10.2. The zero-order valence-electron chi connectivity index (χ0n) is 16.4. The number of carbonyl (C=O) groups is 1. The summed E-state index contributed by atoms with van der Waals surface area (Å²) >= 11 is 0. The fourth-order valence-electron chi connectivity index (χ4n) is 3.71. The molecule has 27 heavy (non-hydrogen) atoms. The van der Waals surface area contributed by atoms with Crippen molar-refractivity contribution in [2.24, 2.45) is 5.92 Å². The summed E-state index contributed by atoms with van der Waals surface area (Å²) in [5, 5.41) is 3.15. The van der Waals surface area contributed by atoms with Crippen LogP contribution in [-0.2, 0) is 4.74 Å². The van der Waals surface area contributed by atoms with Crippen molar-refractivity contribution in [1.29, 1.82) is 0 Å². The molecule has 0 aromatic heterocycles. The number of ether oxygens (including phenoxy) is 2. The van der Waals surface area contributed by atoms with Crippen molar-refractivity contribution in [1.82, 2.24) is 15.1 Å². The van der Waals surface area contributed by atoms with Crippen LogP contribution in [0.5, 0.6) is 5.75 Å². The number of urea groups is 1. The zero-order chi connectivity index (χ0) is 18.9. The van der Waals surface area contributed by atoms with E-state index in [1.165, 1.54) is 0 Å². The molecule has 0 saturated carbocycles. The Labute approximate surface area is 162 Å². The molecular weight excluding hydrogens is 342 g/mol. The molecule has 6 nitrogen and oxygen atoms in total. The highest BCUT2D eigenvalue weighted by Gasteiger charge is 2.24. The molecule has 0 spiro atoms. The zero-order valence-corrected chi connectivity index (χ0v) is 16.4. The molecule has 1 aromatic carbocycles. The Morgan fingerprint density at radius 1 is 1.26 bits per heavy atom. The number of amides is 2. The van der Waals surface area contributed by atoms with Gasteiger partial charge in [0.05, 0.1) is 12.6 Å². The van der Waals surface area contributed by atoms with E-state index >= 15 is 0 Å². The molecule has 2 aliphatic heterocycles. The number of hydrogen-bond acceptors (Lipinski definition) is 4. The van der Waals surface area contributed by atoms with Crippen molar-refractivity contribution in [3.05, 3.63) is 30.3 Å². The van der Waals surface area contributed by atoms with Gasteiger partial charge >= 0.3 is 6.03 Å². The third kappa shape index (κ3) is 6.70. The molecule has 150 valence electrons. The molecule has 2 saturated heterocycles. The Balaban J connectivity index is 1.46. The smallest absolute Gasteiger partial charge is 0.317 e. The van der Waals surface area contributed by atoms with Crippen LogP contribution in [0.3, 0.4) is 0 Å². The summed E-state index contributed by atoms with van der Waals surface area (Å²) in [5.41, 5.74) is 0. The summed E-state index contributed by atoms with van der Waals surface area (Å²) in [4.78, 5) is 17.0. The second kappa shape index (κ2) is 10.5. The monoisotopic (exact) mass is 375 g/mol. The van der Waals surface area contributed by atoms with E-state index in [2.05, 4.69) is 17.3 Å². The highest BCUT2D eigenvalue weighted by molar-refractivity contribution is 5.74. The largest absolute Gasteiger partial charge is 0.492 e. The first kappa shape index (κ1) is 20.0. The Hall–Kier alpha value is -1.79. The van der Waals surface area contributed by atoms with Gasteiger partial charge in [-0.2, -0.15) is 0 Å². The lowest BCUT2D eigenvalue weighted by Gasteiger charge is -2.30. The van der Waals surface area contributed by atoms with Gasteiger partial charge in [-0.25, -0.2) is 4.79 Å². The van der Waals surface area contributed by atoms with Gasteiger partial charge in [0, 0.05) is 19.7 Å². The highest BCUT2D eigenvalue weighted by Crippen LogP contribution is 2.16. The molecule has 2 heterocycles. The molecule has 1 atom stereocenters. The number of benzene rings is 1. The number of carbonyl (C=O) groups excluding carboxylic acids is 1. The number of nitrogens with zero attached hydrogens (tertiary/aromatic N) is 2. The van der Waals surface area contributed by atoms with Crippen molar-refractivity contribution >= 4 is 6.03 Å². The normalized spacial score (nSPS) is 21.1. The van der Waals surface area contributed by atoms with E-state index in [4.69, 9.17) is 9.47 Å². The fourth-order valence-corrected chi connectivity index (χ4v) is 3.71. The van der Waals surface area contributed by atoms with E-state index in [0.29, 0.717) is 25.6 Å². The lowest BCUT2D eigenvalue weighted by molar-refractivity contribution is 0.0770. The third-order valence-electron chi connectivity index (χ3n) is 5.49. The summed E-state index contributed by atoms with van der Waals surface area (Å²) in [5.74, 6) is 1.41. The first-order chi connectivity index (χ1) is 13.2. The van der Waals surface area contributed by atoms with Gasteiger partial charge in [0.25, 0.3) is 0 Å². The maximum absolute atomic E-state index is 12.8. The van der Waals surface area contributed by atoms with Gasteiger partial charge in [-0.1, -0.05) is 18.2 Å². The minimum Gasteiger partial charge on any atom is -0.492 e. The summed E-state index contributed by atoms with van der Waals surface area (Å²) in [6.45, 7) is 5.48. The van der Waals surface area contributed by atoms with Crippen molar-refractivity contribution in [2.75, 3.05) is 53.0 Å². The molecule has 0 bridgehead atoms. The molecule has 2 fully saturated rings. The van der Waals surface area contributed by atoms with Gasteiger partial charge in [-0.15, -0.1) is 0 Å². The number of nitrogens with one attached hydrogen (secondary N) is 1. The van der Waals surface area contributed by atoms with Gasteiger partial charge in [-0.3, -0.25) is 0 Å². The Kier molecular flexibility index (Phi) is 7.78. The second-order valence-corrected chi connectivity index (χ2v) is 7.68. The van der Waals surface area contributed by atoms with E-state index in [0.717, 1.165) is 57.7 Å². The highest BCUT2D eigenvalue weighted by atomic mass is 16.5. The minimum absolute atomic E-state index is 0.00101. The van der Waals surface area contributed by atoms with Gasteiger partial charge in [0.15, 0.2) is 0 Å². The molecule has 1 N–H and O–H groups in total. The van der Waals surface area contributed by atoms with Crippen LogP contribution in [0.1, 0.15) is 25.7 Å². The second-order valence-electron chi connectivity index (χ2n) is 7.68. The number of likely N-dealkylation sites (tertiary alicyclic amines) is 1. The minimum atomic E-state index is 0.00101. The topological polar surface area (TPSA) is 54.0 Å². The molecule has 6 heteroatoms. The van der Waals surface area contributed by atoms with E-state index < -0.39 is 0 Å². The number of piperidine rings is 1. The van der Waals surface area contributed by atoms with Crippen molar-refractivity contribution in [3.8, 4) is 5.75 Å². The van der Waals surface area contributed by atoms with Crippen LogP contribution in [0.2, 0.25) is 0 Å². The summed E-state index contributed by atoms with van der Waals surface area (Å²) < 4.78 is 11.5. The van der Waals surface area contributed by atoms with E-state index in [1.54, 1.807) is 0 Å². The van der Waals surface area contributed by atoms with Crippen LogP contribution in [-0.4, -0.2) is 74.9 Å². The number of hydrogen-bond donors (Lipinski definition) is 1. The van der Waals surface area contributed by atoms with Crippen LogP contribution < -0.4 is 10.1 Å². The van der Waals surface area contributed by atoms with Gasteiger partial charge in [0.2, 0.25) is 0 Å². The standard InChI is InChI=1S/C21H33N3O3/c1-23-11-9-18(10-12-23)16-22-21(25)24(17-20-8-5-14-26-20)13-15-27-19-6-3-2-4-7-19/h2-4,6-7,18,20H,5,8-17H2,1H3,(H,22,25). The van der Waals surface area contributed by atoms with Crippen LogP contribution in [0.25, 0.3) is 0 Å². The predicted molar refractivity (Wildman–Crippen MR) is 106 cm³/mol. The SMILES string of the molecule is CN1CCC(CNC(=O)N(CCOc2ccccc2)CC2CCCO2)CC1. The van der Waals surface area contributed by atoms with E-state index in [9.17, 15) is 4.79 Å². The van der Waals surface area contributed by atoms with E-state index in [1.807, 2.05) is 35.2 Å². The average molecular weight is 376 g/mol. The van der Waals surface area contributed by atoms with Crippen molar-refractivity contribution < 1.29 is 14.3 Å². The first-order valence-electron chi connectivity index (χ1n) is 10.2. The fraction of sp³-hybridized carbons (Fsp3) is 0.667. The summed E-state index contributed by atoms with van der Waals surface area (Å²) in [6.07, 6.45) is 4.56.